The lowest BCUT2D eigenvalue weighted by molar-refractivity contribution is 0.382. The Kier molecular flexibility index (Phi) is 4.68. The van der Waals surface area contributed by atoms with Crippen molar-refractivity contribution in [2.24, 2.45) is 0 Å². The van der Waals surface area contributed by atoms with Crippen LogP contribution in [0.3, 0.4) is 0 Å². The van der Waals surface area contributed by atoms with Gasteiger partial charge in [0.05, 0.1) is 26.2 Å². The maximum absolute atomic E-state index is 5.46. The highest BCUT2D eigenvalue weighted by atomic mass is 16.5. The Morgan fingerprint density at radius 3 is 2.46 bits per heavy atom. The van der Waals surface area contributed by atoms with Gasteiger partial charge in [0.2, 0.25) is 11.7 Å². The van der Waals surface area contributed by atoms with Gasteiger partial charge in [-0.1, -0.05) is 10.4 Å². The fourth-order valence-electron chi connectivity index (χ4n) is 3.04. The Morgan fingerprint density at radius 2 is 1.79 bits per heavy atom. The largest absolute Gasteiger partial charge is 0.497 e. The van der Waals surface area contributed by atoms with Crippen LogP contribution in [0.25, 0.3) is 22.4 Å². The fourth-order valence-corrected chi connectivity index (χ4v) is 3.04. The second kappa shape index (κ2) is 7.30. The average molecular weight is 379 g/mol. The normalized spacial score (nSPS) is 11.3. The molecular weight excluding hydrogens is 358 g/mol. The van der Waals surface area contributed by atoms with E-state index in [4.69, 9.17) is 14.0 Å². The molecule has 8 heteroatoms. The standard InChI is InChI=1S/C20H21N5O3/c1-12(2)25-18-10-14(5-6-17(18)22-24-25)20-21-19(28-23-20)9-13-7-15(26-3)11-16(8-13)27-4/h5-8,10-12H,9H2,1-4H3. The van der Waals surface area contributed by atoms with E-state index in [9.17, 15) is 0 Å². The lowest BCUT2D eigenvalue weighted by Gasteiger charge is -2.06. The van der Waals surface area contributed by atoms with E-state index in [1.165, 1.54) is 0 Å². The van der Waals surface area contributed by atoms with E-state index in [1.54, 1.807) is 14.2 Å². The van der Waals surface area contributed by atoms with Gasteiger partial charge in [0, 0.05) is 17.7 Å². The summed E-state index contributed by atoms with van der Waals surface area (Å²) in [7, 11) is 3.24. The van der Waals surface area contributed by atoms with Crippen LogP contribution in [0.1, 0.15) is 31.3 Å². The minimum atomic E-state index is 0.212. The molecular formula is C20H21N5O3. The number of rotatable bonds is 6. The van der Waals surface area contributed by atoms with E-state index in [1.807, 2.05) is 41.1 Å². The van der Waals surface area contributed by atoms with E-state index >= 15 is 0 Å². The molecule has 0 aliphatic heterocycles. The third-order valence-electron chi connectivity index (χ3n) is 4.45. The van der Waals surface area contributed by atoms with Crippen LogP contribution in [0.2, 0.25) is 0 Å². The number of fused-ring (bicyclic) bond motifs is 1. The number of nitrogens with zero attached hydrogens (tertiary/aromatic N) is 5. The van der Waals surface area contributed by atoms with Crippen molar-refractivity contribution in [1.82, 2.24) is 25.1 Å². The highest BCUT2D eigenvalue weighted by molar-refractivity contribution is 5.80. The van der Waals surface area contributed by atoms with Crippen LogP contribution in [-0.4, -0.2) is 39.4 Å². The molecule has 4 aromatic rings. The zero-order valence-corrected chi connectivity index (χ0v) is 16.2. The molecule has 0 fully saturated rings. The molecule has 0 amide bonds. The summed E-state index contributed by atoms with van der Waals surface area (Å²) >= 11 is 0. The summed E-state index contributed by atoms with van der Waals surface area (Å²) in [6.45, 7) is 4.13. The van der Waals surface area contributed by atoms with Crippen molar-refractivity contribution in [2.45, 2.75) is 26.3 Å². The highest BCUT2D eigenvalue weighted by Gasteiger charge is 2.14. The number of hydrogen-bond donors (Lipinski definition) is 0. The van der Waals surface area contributed by atoms with Crippen LogP contribution in [-0.2, 0) is 6.42 Å². The van der Waals surface area contributed by atoms with Gasteiger partial charge >= 0.3 is 0 Å². The highest BCUT2D eigenvalue weighted by Crippen LogP contribution is 2.26. The fraction of sp³-hybridized carbons (Fsp3) is 0.300. The first-order valence-electron chi connectivity index (χ1n) is 8.97. The second-order valence-electron chi connectivity index (χ2n) is 6.74. The van der Waals surface area contributed by atoms with Crippen LogP contribution in [0, 0.1) is 0 Å². The molecule has 0 aliphatic carbocycles. The Hall–Kier alpha value is -3.42. The van der Waals surface area contributed by atoms with Crippen LogP contribution in [0.15, 0.2) is 40.9 Å². The quantitative estimate of drug-likeness (QED) is 0.505. The molecule has 0 atom stereocenters. The lowest BCUT2D eigenvalue weighted by Crippen LogP contribution is -2.02. The molecule has 8 nitrogen and oxygen atoms in total. The third kappa shape index (κ3) is 3.40. The number of benzene rings is 2. The molecule has 2 aromatic heterocycles. The van der Waals surface area contributed by atoms with Gasteiger partial charge in [0.25, 0.3) is 0 Å². The molecule has 0 N–H and O–H groups in total. The van der Waals surface area contributed by atoms with Gasteiger partial charge in [0.15, 0.2) is 0 Å². The van der Waals surface area contributed by atoms with E-state index in [0.717, 1.165) is 22.2 Å². The molecule has 0 saturated heterocycles. The molecule has 0 bridgehead atoms. The maximum Gasteiger partial charge on any atom is 0.231 e. The zero-order valence-electron chi connectivity index (χ0n) is 16.2. The van der Waals surface area contributed by atoms with E-state index in [2.05, 4.69) is 34.3 Å². The van der Waals surface area contributed by atoms with Gasteiger partial charge in [-0.15, -0.1) is 5.10 Å². The first kappa shape index (κ1) is 18.0. The van der Waals surface area contributed by atoms with Crippen molar-refractivity contribution in [2.75, 3.05) is 14.2 Å². The summed E-state index contributed by atoms with van der Waals surface area (Å²) in [5, 5.41) is 12.5. The Balaban J connectivity index is 1.63. The number of aromatic nitrogens is 5. The number of ether oxygens (including phenoxy) is 2. The Morgan fingerprint density at radius 1 is 1.04 bits per heavy atom. The molecule has 0 unspecified atom stereocenters. The molecule has 0 saturated carbocycles. The summed E-state index contributed by atoms with van der Waals surface area (Å²) in [5.41, 5.74) is 3.60. The monoisotopic (exact) mass is 379 g/mol. The third-order valence-corrected chi connectivity index (χ3v) is 4.45. The molecule has 2 aromatic carbocycles. The lowest BCUT2D eigenvalue weighted by atomic mass is 10.1. The summed E-state index contributed by atoms with van der Waals surface area (Å²) in [4.78, 5) is 4.54. The SMILES string of the molecule is COc1cc(Cc2nc(-c3ccc4nnn(C(C)C)c4c3)no2)cc(OC)c1. The van der Waals surface area contributed by atoms with Gasteiger partial charge in [-0.25, -0.2) is 4.68 Å². The van der Waals surface area contributed by atoms with Crippen molar-refractivity contribution in [3.05, 3.63) is 47.9 Å². The molecule has 0 spiro atoms. The van der Waals surface area contributed by atoms with Crippen LogP contribution >= 0.6 is 0 Å². The van der Waals surface area contributed by atoms with E-state index in [-0.39, 0.29) is 6.04 Å². The molecule has 2 heterocycles. The van der Waals surface area contributed by atoms with Gasteiger partial charge in [-0.3, -0.25) is 0 Å². The van der Waals surface area contributed by atoms with Crippen LogP contribution in [0.5, 0.6) is 11.5 Å². The van der Waals surface area contributed by atoms with Crippen molar-refractivity contribution in [3.8, 4) is 22.9 Å². The molecule has 0 radical (unpaired) electrons. The summed E-state index contributed by atoms with van der Waals surface area (Å²) in [5.74, 6) is 2.48. The zero-order chi connectivity index (χ0) is 19.7. The second-order valence-corrected chi connectivity index (χ2v) is 6.74. The maximum atomic E-state index is 5.46. The minimum Gasteiger partial charge on any atom is -0.497 e. The van der Waals surface area contributed by atoms with E-state index in [0.29, 0.717) is 29.6 Å². The van der Waals surface area contributed by atoms with Crippen LogP contribution in [0.4, 0.5) is 0 Å². The molecule has 144 valence electrons. The predicted octanol–water partition coefficient (Wildman–Crippen LogP) is 3.67. The van der Waals surface area contributed by atoms with Crippen LogP contribution < -0.4 is 9.47 Å². The smallest absolute Gasteiger partial charge is 0.231 e. The van der Waals surface area contributed by atoms with Gasteiger partial charge in [0.1, 0.15) is 17.0 Å². The van der Waals surface area contributed by atoms with Crippen molar-refractivity contribution < 1.29 is 14.0 Å². The number of hydrogen-bond acceptors (Lipinski definition) is 7. The first-order valence-corrected chi connectivity index (χ1v) is 8.97. The Bertz CT molecular complexity index is 1090. The first-order chi connectivity index (χ1) is 13.6. The number of methoxy groups -OCH3 is 2. The summed E-state index contributed by atoms with van der Waals surface area (Å²) in [6, 6.07) is 11.7. The van der Waals surface area contributed by atoms with Gasteiger partial charge < -0.3 is 14.0 Å². The van der Waals surface area contributed by atoms with Gasteiger partial charge in [-0.05, 0) is 49.7 Å². The molecule has 28 heavy (non-hydrogen) atoms. The van der Waals surface area contributed by atoms with E-state index < -0.39 is 0 Å². The molecule has 4 rings (SSSR count). The summed E-state index contributed by atoms with van der Waals surface area (Å²) < 4.78 is 18.0. The average Bonchev–Trinajstić information content (AvgIpc) is 3.34. The molecule has 0 aliphatic rings. The van der Waals surface area contributed by atoms with Gasteiger partial charge in [-0.2, -0.15) is 4.98 Å². The predicted molar refractivity (Wildman–Crippen MR) is 104 cm³/mol. The van der Waals surface area contributed by atoms with Crippen molar-refractivity contribution in [3.63, 3.8) is 0 Å². The summed E-state index contributed by atoms with van der Waals surface area (Å²) in [6.07, 6.45) is 0.480. The van der Waals surface area contributed by atoms with Crippen molar-refractivity contribution in [1.29, 1.82) is 0 Å². The Labute approximate surface area is 162 Å². The minimum absolute atomic E-state index is 0.212. The van der Waals surface area contributed by atoms with Crippen molar-refractivity contribution >= 4 is 11.0 Å². The topological polar surface area (TPSA) is 88.1 Å².